The van der Waals surface area contributed by atoms with Gasteiger partial charge in [-0.2, -0.15) is 0 Å². The number of nitrogens with zero attached hydrogens (tertiary/aromatic N) is 2. The molecule has 8 heteroatoms. The predicted octanol–water partition coefficient (Wildman–Crippen LogP) is 5.10. The molecule has 0 bridgehead atoms. The molecule has 2 amide bonds. The summed E-state index contributed by atoms with van der Waals surface area (Å²) in [4.78, 5) is 39.9. The number of amides is 2. The lowest BCUT2D eigenvalue weighted by Crippen LogP contribution is -2.56. The summed E-state index contributed by atoms with van der Waals surface area (Å²) in [7, 11) is 0. The molecule has 3 aromatic rings. The first-order chi connectivity index (χ1) is 16.4. The molecule has 3 aromatic carbocycles. The van der Waals surface area contributed by atoms with Crippen molar-refractivity contribution in [1.29, 1.82) is 0 Å². The number of carbonyl (C=O) groups is 2. The van der Waals surface area contributed by atoms with E-state index in [9.17, 15) is 19.6 Å². The Morgan fingerprint density at radius 3 is 2.32 bits per heavy atom. The standard InChI is InChI=1S/C26H20Cl2N2O4/c27-16-9-10-19(20(28)13-16)24-23(25(32)29-34)17-7-3-4-8-18(17)26(33)30(24)21-11-14-5-1-2-6-15(14)12-22(21)31/h1-10,13,21-24,31H,11-12H2. The molecular formula is C26H20Cl2N2O4. The van der Waals surface area contributed by atoms with Gasteiger partial charge in [-0.15, -0.1) is 4.91 Å². The summed E-state index contributed by atoms with van der Waals surface area (Å²) in [6.07, 6.45) is -0.127. The van der Waals surface area contributed by atoms with Crippen LogP contribution in [-0.4, -0.2) is 34.0 Å². The van der Waals surface area contributed by atoms with Gasteiger partial charge in [0.1, 0.15) is 0 Å². The van der Waals surface area contributed by atoms with Crippen molar-refractivity contribution in [2.24, 2.45) is 5.18 Å². The summed E-state index contributed by atoms with van der Waals surface area (Å²) >= 11 is 12.7. The molecule has 1 N–H and O–H groups in total. The van der Waals surface area contributed by atoms with Gasteiger partial charge in [-0.25, -0.2) is 0 Å². The fourth-order valence-corrected chi connectivity index (χ4v) is 5.79. The van der Waals surface area contributed by atoms with Crippen molar-refractivity contribution >= 4 is 35.0 Å². The second-order valence-corrected chi connectivity index (χ2v) is 9.47. The van der Waals surface area contributed by atoms with Crippen LogP contribution < -0.4 is 0 Å². The molecule has 1 aliphatic carbocycles. The molecule has 4 unspecified atom stereocenters. The van der Waals surface area contributed by atoms with Crippen LogP contribution in [0, 0.1) is 4.91 Å². The second-order valence-electron chi connectivity index (χ2n) is 8.63. The van der Waals surface area contributed by atoms with Gasteiger partial charge in [0, 0.05) is 27.2 Å². The van der Waals surface area contributed by atoms with Gasteiger partial charge in [0.2, 0.25) is 0 Å². The molecule has 6 nitrogen and oxygen atoms in total. The highest BCUT2D eigenvalue weighted by Crippen LogP contribution is 2.48. The van der Waals surface area contributed by atoms with Crippen LogP contribution in [0.15, 0.2) is 71.9 Å². The highest BCUT2D eigenvalue weighted by Gasteiger charge is 2.49. The van der Waals surface area contributed by atoms with Gasteiger partial charge < -0.3 is 10.0 Å². The van der Waals surface area contributed by atoms with E-state index in [2.05, 4.69) is 5.18 Å². The third-order valence-corrected chi connectivity index (χ3v) is 7.35. The van der Waals surface area contributed by atoms with Crippen LogP contribution in [0.2, 0.25) is 10.0 Å². The number of rotatable bonds is 3. The van der Waals surface area contributed by atoms with Gasteiger partial charge in [0.15, 0.2) is 0 Å². The minimum absolute atomic E-state index is 0.254. The Balaban J connectivity index is 1.73. The molecule has 0 fully saturated rings. The van der Waals surface area contributed by atoms with Crippen LogP contribution in [0.4, 0.5) is 0 Å². The lowest BCUT2D eigenvalue weighted by atomic mass is 9.76. The molecule has 34 heavy (non-hydrogen) atoms. The number of fused-ring (bicyclic) bond motifs is 2. The lowest BCUT2D eigenvalue weighted by molar-refractivity contribution is -0.121. The van der Waals surface area contributed by atoms with E-state index in [1.807, 2.05) is 24.3 Å². The molecular weight excluding hydrogens is 475 g/mol. The van der Waals surface area contributed by atoms with Gasteiger partial charge >= 0.3 is 0 Å². The van der Waals surface area contributed by atoms with Crippen LogP contribution in [0.3, 0.4) is 0 Å². The molecule has 1 heterocycles. The Morgan fingerprint density at radius 1 is 0.941 bits per heavy atom. The Hall–Kier alpha value is -3.06. The number of nitroso groups, excluding NO2 is 1. The fourth-order valence-electron chi connectivity index (χ4n) is 5.27. The monoisotopic (exact) mass is 494 g/mol. The summed E-state index contributed by atoms with van der Waals surface area (Å²) in [6.45, 7) is 0. The molecule has 0 spiro atoms. The zero-order chi connectivity index (χ0) is 24.0. The second kappa shape index (κ2) is 8.95. The van der Waals surface area contributed by atoms with Gasteiger partial charge in [0.05, 0.1) is 24.1 Å². The Labute approximate surface area is 206 Å². The Bertz CT molecular complexity index is 1310. The van der Waals surface area contributed by atoms with Gasteiger partial charge in [-0.3, -0.25) is 9.59 Å². The maximum atomic E-state index is 13.9. The highest BCUT2D eigenvalue weighted by molar-refractivity contribution is 6.35. The summed E-state index contributed by atoms with van der Waals surface area (Å²) < 4.78 is 0. The van der Waals surface area contributed by atoms with Crippen LogP contribution in [-0.2, 0) is 17.6 Å². The van der Waals surface area contributed by atoms with Crippen molar-refractivity contribution in [3.63, 3.8) is 0 Å². The smallest absolute Gasteiger partial charge is 0.296 e. The van der Waals surface area contributed by atoms with Crippen molar-refractivity contribution in [3.05, 3.63) is 109 Å². The van der Waals surface area contributed by atoms with E-state index < -0.39 is 30.0 Å². The molecule has 1 aliphatic heterocycles. The van der Waals surface area contributed by atoms with Crippen LogP contribution in [0.5, 0.6) is 0 Å². The Kier molecular flexibility index (Phi) is 5.98. The zero-order valence-electron chi connectivity index (χ0n) is 17.9. The lowest BCUT2D eigenvalue weighted by Gasteiger charge is -2.48. The average molecular weight is 495 g/mol. The number of benzene rings is 3. The van der Waals surface area contributed by atoms with E-state index in [1.54, 1.807) is 36.4 Å². The average Bonchev–Trinajstić information content (AvgIpc) is 2.83. The molecule has 0 aromatic heterocycles. The van der Waals surface area contributed by atoms with E-state index in [4.69, 9.17) is 23.2 Å². The molecule has 4 atom stereocenters. The number of aliphatic hydroxyl groups excluding tert-OH is 1. The number of halogens is 2. The summed E-state index contributed by atoms with van der Waals surface area (Å²) in [5, 5.41) is 14.6. The van der Waals surface area contributed by atoms with E-state index in [0.29, 0.717) is 34.6 Å². The molecule has 0 saturated heterocycles. The highest BCUT2D eigenvalue weighted by atomic mass is 35.5. The van der Waals surface area contributed by atoms with Crippen molar-refractivity contribution < 1.29 is 14.7 Å². The van der Waals surface area contributed by atoms with Crippen LogP contribution in [0.1, 0.15) is 44.6 Å². The van der Waals surface area contributed by atoms with Gasteiger partial charge in [-0.05, 0) is 46.9 Å². The third kappa shape index (κ3) is 3.72. The Morgan fingerprint density at radius 2 is 1.62 bits per heavy atom. The number of hydrogen-bond donors (Lipinski definition) is 1. The maximum absolute atomic E-state index is 13.9. The normalized spacial score (nSPS) is 23.7. The zero-order valence-corrected chi connectivity index (χ0v) is 19.4. The largest absolute Gasteiger partial charge is 0.391 e. The molecule has 0 saturated carbocycles. The minimum atomic E-state index is -1.07. The molecule has 5 rings (SSSR count). The van der Waals surface area contributed by atoms with Crippen molar-refractivity contribution in [3.8, 4) is 0 Å². The van der Waals surface area contributed by atoms with Crippen LogP contribution in [0.25, 0.3) is 0 Å². The van der Waals surface area contributed by atoms with E-state index in [-0.39, 0.29) is 10.9 Å². The number of hydrogen-bond acceptors (Lipinski definition) is 4. The number of aliphatic hydroxyl groups is 1. The summed E-state index contributed by atoms with van der Waals surface area (Å²) in [5.74, 6) is -2.33. The van der Waals surface area contributed by atoms with E-state index in [0.717, 1.165) is 11.1 Å². The molecule has 172 valence electrons. The van der Waals surface area contributed by atoms with Gasteiger partial charge in [-0.1, -0.05) is 71.7 Å². The third-order valence-electron chi connectivity index (χ3n) is 6.79. The van der Waals surface area contributed by atoms with Gasteiger partial charge in [0.25, 0.3) is 11.8 Å². The van der Waals surface area contributed by atoms with Crippen molar-refractivity contribution in [2.75, 3.05) is 0 Å². The first-order valence-electron chi connectivity index (χ1n) is 10.9. The predicted molar refractivity (Wildman–Crippen MR) is 129 cm³/mol. The van der Waals surface area contributed by atoms with Crippen LogP contribution >= 0.6 is 23.2 Å². The SMILES string of the molecule is O=NC(=O)C1c2ccccc2C(=O)N(C2Cc3ccccc3CC2O)C1c1ccc(Cl)cc1Cl. The van der Waals surface area contributed by atoms with E-state index in [1.165, 1.54) is 11.0 Å². The molecule has 2 aliphatic rings. The fraction of sp³-hybridized carbons (Fsp3) is 0.231. The topological polar surface area (TPSA) is 87.0 Å². The number of carbonyl (C=O) groups excluding carboxylic acids is 2. The summed E-state index contributed by atoms with van der Waals surface area (Å²) in [5.41, 5.74) is 3.20. The maximum Gasteiger partial charge on any atom is 0.296 e. The first kappa shape index (κ1) is 22.7. The minimum Gasteiger partial charge on any atom is -0.391 e. The first-order valence-corrected chi connectivity index (χ1v) is 11.6. The summed E-state index contributed by atoms with van der Waals surface area (Å²) in [6, 6.07) is 17.7. The van der Waals surface area contributed by atoms with Crippen molar-refractivity contribution in [1.82, 2.24) is 4.90 Å². The molecule has 0 radical (unpaired) electrons. The van der Waals surface area contributed by atoms with E-state index >= 15 is 0 Å². The van der Waals surface area contributed by atoms with Crippen molar-refractivity contribution in [2.45, 2.75) is 36.9 Å². The quantitative estimate of drug-likeness (QED) is 0.513.